The van der Waals surface area contributed by atoms with Crippen molar-refractivity contribution in [1.82, 2.24) is 10.1 Å². The fraction of sp³-hybridized carbons (Fsp3) is 0.467. The number of aromatic hydroxyl groups is 1. The number of nitrogens with two attached hydrogens (primary N) is 1. The third kappa shape index (κ3) is 2.99. The van der Waals surface area contributed by atoms with Gasteiger partial charge in [-0.15, -0.1) is 0 Å². The Kier molecular flexibility index (Phi) is 3.44. The lowest BCUT2D eigenvalue weighted by atomic mass is 9.95. The van der Waals surface area contributed by atoms with E-state index in [0.29, 0.717) is 24.6 Å². The second kappa shape index (κ2) is 5.25. The maximum atomic E-state index is 9.25. The molecule has 0 spiro atoms. The first kappa shape index (κ1) is 13.1. The number of hydrogen-bond acceptors (Lipinski definition) is 5. The van der Waals surface area contributed by atoms with Crippen molar-refractivity contribution in [2.45, 2.75) is 44.1 Å². The number of aromatic nitrogens is 2. The topological polar surface area (TPSA) is 85.2 Å². The van der Waals surface area contributed by atoms with Gasteiger partial charge in [0, 0.05) is 18.4 Å². The van der Waals surface area contributed by atoms with Gasteiger partial charge in [-0.2, -0.15) is 4.98 Å². The van der Waals surface area contributed by atoms with Crippen LogP contribution in [0.15, 0.2) is 28.8 Å². The van der Waals surface area contributed by atoms with E-state index in [4.69, 9.17) is 10.3 Å². The predicted octanol–water partition coefficient (Wildman–Crippen LogP) is 2.18. The van der Waals surface area contributed by atoms with Crippen molar-refractivity contribution in [3.63, 3.8) is 0 Å². The molecule has 1 aliphatic carbocycles. The van der Waals surface area contributed by atoms with Crippen LogP contribution in [0.2, 0.25) is 0 Å². The van der Waals surface area contributed by atoms with Gasteiger partial charge < -0.3 is 15.4 Å². The summed E-state index contributed by atoms with van der Waals surface area (Å²) in [4.78, 5) is 4.42. The zero-order chi connectivity index (χ0) is 14.0. The monoisotopic (exact) mass is 273 g/mol. The molecule has 0 bridgehead atoms. The number of phenols is 1. The van der Waals surface area contributed by atoms with Crippen molar-refractivity contribution >= 4 is 0 Å². The second-order valence-electron chi connectivity index (χ2n) is 5.69. The Bertz CT molecular complexity index is 571. The Labute approximate surface area is 117 Å². The van der Waals surface area contributed by atoms with Crippen LogP contribution in [0, 0.1) is 0 Å². The van der Waals surface area contributed by atoms with E-state index in [9.17, 15) is 5.11 Å². The molecule has 106 valence electrons. The molecule has 2 aromatic rings. The van der Waals surface area contributed by atoms with Gasteiger partial charge in [0.1, 0.15) is 5.75 Å². The summed E-state index contributed by atoms with van der Waals surface area (Å²) in [5, 5.41) is 13.3. The minimum absolute atomic E-state index is 0.164. The van der Waals surface area contributed by atoms with E-state index in [2.05, 4.69) is 10.1 Å². The van der Waals surface area contributed by atoms with Gasteiger partial charge in [-0.05, 0) is 30.5 Å². The highest BCUT2D eigenvalue weighted by molar-refractivity contribution is 5.27. The van der Waals surface area contributed by atoms with Crippen LogP contribution in [0.25, 0.3) is 0 Å². The molecule has 1 saturated carbocycles. The largest absolute Gasteiger partial charge is 0.508 e. The van der Waals surface area contributed by atoms with Gasteiger partial charge in [0.15, 0.2) is 5.82 Å². The summed E-state index contributed by atoms with van der Waals surface area (Å²) in [5.74, 6) is 1.55. The first-order valence-electron chi connectivity index (χ1n) is 7.01. The molecule has 1 fully saturated rings. The van der Waals surface area contributed by atoms with Crippen molar-refractivity contribution in [3.05, 3.63) is 41.5 Å². The summed E-state index contributed by atoms with van der Waals surface area (Å²) in [5.41, 5.74) is 7.19. The van der Waals surface area contributed by atoms with E-state index in [0.717, 1.165) is 18.4 Å². The molecule has 3 N–H and O–H groups in total. The fourth-order valence-corrected chi connectivity index (χ4v) is 2.79. The predicted molar refractivity (Wildman–Crippen MR) is 74.3 cm³/mol. The Morgan fingerprint density at radius 1 is 1.20 bits per heavy atom. The van der Waals surface area contributed by atoms with Crippen molar-refractivity contribution in [3.8, 4) is 5.75 Å². The smallest absolute Gasteiger partial charge is 0.228 e. The zero-order valence-corrected chi connectivity index (χ0v) is 11.4. The molecule has 1 aromatic heterocycles. The number of nitrogens with zero attached hydrogens (tertiary/aromatic N) is 2. The fourth-order valence-electron chi connectivity index (χ4n) is 2.79. The van der Waals surface area contributed by atoms with E-state index in [-0.39, 0.29) is 11.3 Å². The van der Waals surface area contributed by atoms with E-state index in [1.54, 1.807) is 12.1 Å². The Morgan fingerprint density at radius 2 is 1.90 bits per heavy atom. The minimum atomic E-state index is -0.164. The van der Waals surface area contributed by atoms with Crippen LogP contribution in [0.3, 0.4) is 0 Å². The molecule has 1 heterocycles. The highest BCUT2D eigenvalue weighted by Gasteiger charge is 2.31. The van der Waals surface area contributed by atoms with Gasteiger partial charge in [-0.1, -0.05) is 30.1 Å². The summed E-state index contributed by atoms with van der Waals surface area (Å²) in [6.07, 6.45) is 5.69. The van der Waals surface area contributed by atoms with Crippen molar-refractivity contribution in [2.75, 3.05) is 0 Å². The summed E-state index contributed by atoms with van der Waals surface area (Å²) < 4.78 is 5.30. The lowest BCUT2D eigenvalue weighted by Gasteiger charge is -2.20. The van der Waals surface area contributed by atoms with Crippen LogP contribution in [0.5, 0.6) is 5.75 Å². The maximum Gasteiger partial charge on any atom is 0.228 e. The highest BCUT2D eigenvalue weighted by Crippen LogP contribution is 2.30. The summed E-state index contributed by atoms with van der Waals surface area (Å²) in [7, 11) is 0. The van der Waals surface area contributed by atoms with E-state index >= 15 is 0 Å². The van der Waals surface area contributed by atoms with E-state index in [1.807, 2.05) is 12.1 Å². The average molecular weight is 273 g/mol. The lowest BCUT2D eigenvalue weighted by Crippen LogP contribution is -2.38. The quantitative estimate of drug-likeness (QED) is 0.891. The Hall–Kier alpha value is -1.88. The van der Waals surface area contributed by atoms with Crippen LogP contribution in [0.1, 0.15) is 43.0 Å². The molecule has 0 atom stereocenters. The van der Waals surface area contributed by atoms with Gasteiger partial charge in [0.25, 0.3) is 0 Å². The van der Waals surface area contributed by atoms with Crippen LogP contribution in [-0.4, -0.2) is 20.8 Å². The number of benzene rings is 1. The van der Waals surface area contributed by atoms with Crippen molar-refractivity contribution in [2.24, 2.45) is 5.73 Å². The minimum Gasteiger partial charge on any atom is -0.508 e. The molecule has 5 heteroatoms. The first-order valence-corrected chi connectivity index (χ1v) is 7.01. The molecule has 0 radical (unpaired) electrons. The first-order chi connectivity index (χ1) is 9.63. The van der Waals surface area contributed by atoms with Crippen LogP contribution < -0.4 is 5.73 Å². The van der Waals surface area contributed by atoms with E-state index < -0.39 is 0 Å². The molecular formula is C15H19N3O2. The van der Waals surface area contributed by atoms with Crippen LogP contribution in [0.4, 0.5) is 0 Å². The molecule has 1 aliphatic rings. The molecule has 1 aromatic carbocycles. The van der Waals surface area contributed by atoms with Gasteiger partial charge in [0.2, 0.25) is 5.89 Å². The van der Waals surface area contributed by atoms with Crippen LogP contribution in [-0.2, 0) is 12.8 Å². The molecule has 0 saturated heterocycles. The Balaban J connectivity index is 1.66. The molecule has 5 nitrogen and oxygen atoms in total. The molecule has 20 heavy (non-hydrogen) atoms. The molecule has 0 aliphatic heterocycles. The van der Waals surface area contributed by atoms with Crippen molar-refractivity contribution in [1.29, 1.82) is 0 Å². The lowest BCUT2D eigenvalue weighted by molar-refractivity contribution is 0.327. The van der Waals surface area contributed by atoms with Gasteiger partial charge in [-0.25, -0.2) is 0 Å². The second-order valence-corrected chi connectivity index (χ2v) is 5.69. The summed E-state index contributed by atoms with van der Waals surface area (Å²) in [6.45, 7) is 0. The molecular weight excluding hydrogens is 254 g/mol. The van der Waals surface area contributed by atoms with E-state index in [1.165, 1.54) is 12.8 Å². The average Bonchev–Trinajstić information content (AvgIpc) is 3.02. The highest BCUT2D eigenvalue weighted by atomic mass is 16.5. The third-order valence-electron chi connectivity index (χ3n) is 3.91. The standard InChI is InChI=1S/C15H19N3O2/c16-15(7-1-2-8-15)10-14-17-13(18-20-14)9-11-3-5-12(19)6-4-11/h3-6,19H,1-2,7-10,16H2. The van der Waals surface area contributed by atoms with Crippen molar-refractivity contribution < 1.29 is 9.63 Å². The van der Waals surface area contributed by atoms with Crippen LogP contribution >= 0.6 is 0 Å². The molecule has 0 amide bonds. The summed E-state index contributed by atoms with van der Waals surface area (Å²) >= 11 is 0. The zero-order valence-electron chi connectivity index (χ0n) is 11.4. The summed E-state index contributed by atoms with van der Waals surface area (Å²) in [6, 6.07) is 7.02. The Morgan fingerprint density at radius 3 is 2.60 bits per heavy atom. The van der Waals surface area contributed by atoms with Gasteiger partial charge >= 0.3 is 0 Å². The maximum absolute atomic E-state index is 9.25. The molecule has 0 unspecified atom stereocenters. The number of rotatable bonds is 4. The SMILES string of the molecule is NC1(Cc2nc(Cc3ccc(O)cc3)no2)CCCC1. The number of hydrogen-bond donors (Lipinski definition) is 2. The van der Waals surface area contributed by atoms with Gasteiger partial charge in [-0.3, -0.25) is 0 Å². The van der Waals surface area contributed by atoms with Gasteiger partial charge in [0.05, 0.1) is 0 Å². The number of phenolic OH excluding ortho intramolecular Hbond substituents is 1. The molecule has 3 rings (SSSR count). The third-order valence-corrected chi connectivity index (χ3v) is 3.91. The normalized spacial score (nSPS) is 17.4.